The van der Waals surface area contributed by atoms with Gasteiger partial charge in [0.15, 0.2) is 5.12 Å². The van der Waals surface area contributed by atoms with Crippen LogP contribution in [0.2, 0.25) is 0 Å². The van der Waals surface area contributed by atoms with Crippen molar-refractivity contribution in [3.05, 3.63) is 0 Å². The number of ether oxygens (including phenoxy) is 1. The third-order valence-electron chi connectivity index (χ3n) is 2.44. The molecular formula is C12H21NO3S. The maximum absolute atomic E-state index is 11.5. The van der Waals surface area contributed by atoms with E-state index in [1.54, 1.807) is 6.92 Å². The Morgan fingerprint density at radius 3 is 2.47 bits per heavy atom. The Morgan fingerprint density at radius 1 is 1.29 bits per heavy atom. The van der Waals surface area contributed by atoms with E-state index < -0.39 is 5.60 Å². The van der Waals surface area contributed by atoms with Crippen LogP contribution in [-0.2, 0) is 9.53 Å². The molecule has 0 aromatic rings. The fourth-order valence-electron chi connectivity index (χ4n) is 1.89. The SMILES string of the molecule is CC(=O)S[C@@H]1CC[C@@H](NC(=O)OC(C)(C)C)C1. The van der Waals surface area contributed by atoms with Crippen LogP contribution in [0.4, 0.5) is 4.79 Å². The van der Waals surface area contributed by atoms with Crippen molar-refractivity contribution >= 4 is 23.0 Å². The summed E-state index contributed by atoms with van der Waals surface area (Å²) < 4.78 is 5.19. The second-order valence-corrected chi connectivity index (χ2v) is 6.86. The molecule has 1 rings (SSSR count). The Balaban J connectivity index is 2.30. The van der Waals surface area contributed by atoms with Crippen molar-refractivity contribution < 1.29 is 14.3 Å². The van der Waals surface area contributed by atoms with Crippen molar-refractivity contribution in [2.45, 2.75) is 63.9 Å². The van der Waals surface area contributed by atoms with E-state index in [0.29, 0.717) is 5.25 Å². The van der Waals surface area contributed by atoms with Gasteiger partial charge in [-0.05, 0) is 40.0 Å². The summed E-state index contributed by atoms with van der Waals surface area (Å²) in [6.45, 7) is 7.11. The lowest BCUT2D eigenvalue weighted by atomic mass is 10.2. The van der Waals surface area contributed by atoms with Crippen LogP contribution in [0, 0.1) is 0 Å². The lowest BCUT2D eigenvalue weighted by Crippen LogP contribution is -2.38. The molecule has 0 radical (unpaired) electrons. The number of carbonyl (C=O) groups is 2. The lowest BCUT2D eigenvalue weighted by Gasteiger charge is -2.21. The van der Waals surface area contributed by atoms with Gasteiger partial charge >= 0.3 is 6.09 Å². The molecule has 0 saturated heterocycles. The van der Waals surface area contributed by atoms with Crippen LogP contribution in [0.15, 0.2) is 0 Å². The molecule has 4 nitrogen and oxygen atoms in total. The fourth-order valence-corrected chi connectivity index (χ4v) is 2.94. The quantitative estimate of drug-likeness (QED) is 0.828. The van der Waals surface area contributed by atoms with Gasteiger partial charge in [-0.3, -0.25) is 4.79 Å². The van der Waals surface area contributed by atoms with Crippen molar-refractivity contribution in [1.29, 1.82) is 0 Å². The molecule has 1 aliphatic rings. The number of carbonyl (C=O) groups excluding carboxylic acids is 2. The van der Waals surface area contributed by atoms with E-state index in [0.717, 1.165) is 19.3 Å². The highest BCUT2D eigenvalue weighted by molar-refractivity contribution is 8.14. The van der Waals surface area contributed by atoms with Crippen LogP contribution in [0.3, 0.4) is 0 Å². The molecule has 2 atom stereocenters. The van der Waals surface area contributed by atoms with Gasteiger partial charge in [0.25, 0.3) is 0 Å². The Morgan fingerprint density at radius 2 is 1.94 bits per heavy atom. The summed E-state index contributed by atoms with van der Waals surface area (Å²) in [6, 6.07) is 0.140. The number of hydrogen-bond donors (Lipinski definition) is 1. The van der Waals surface area contributed by atoms with Gasteiger partial charge in [0, 0.05) is 18.2 Å². The zero-order valence-corrected chi connectivity index (χ0v) is 11.7. The fraction of sp³-hybridized carbons (Fsp3) is 0.833. The van der Waals surface area contributed by atoms with Gasteiger partial charge in [0.05, 0.1) is 0 Å². The minimum absolute atomic E-state index is 0.140. The lowest BCUT2D eigenvalue weighted by molar-refractivity contribution is -0.109. The summed E-state index contributed by atoms with van der Waals surface area (Å²) in [5.41, 5.74) is -0.462. The van der Waals surface area contributed by atoms with E-state index in [2.05, 4.69) is 5.32 Å². The first kappa shape index (κ1) is 14.4. The summed E-state index contributed by atoms with van der Waals surface area (Å²) in [7, 11) is 0. The number of rotatable bonds is 2. The first-order chi connectivity index (χ1) is 7.76. The van der Waals surface area contributed by atoms with Crippen LogP contribution in [0.25, 0.3) is 0 Å². The molecule has 0 aliphatic heterocycles. The molecule has 0 bridgehead atoms. The van der Waals surface area contributed by atoms with Crippen molar-refractivity contribution in [2.24, 2.45) is 0 Å². The molecule has 0 unspecified atom stereocenters. The van der Waals surface area contributed by atoms with Gasteiger partial charge < -0.3 is 10.1 Å². The van der Waals surface area contributed by atoms with Crippen molar-refractivity contribution in [3.8, 4) is 0 Å². The largest absolute Gasteiger partial charge is 0.444 e. The molecule has 5 heteroatoms. The van der Waals surface area contributed by atoms with E-state index in [-0.39, 0.29) is 17.3 Å². The molecule has 1 N–H and O–H groups in total. The monoisotopic (exact) mass is 259 g/mol. The third kappa shape index (κ3) is 5.96. The van der Waals surface area contributed by atoms with Gasteiger partial charge in [-0.15, -0.1) is 0 Å². The molecule has 1 aliphatic carbocycles. The van der Waals surface area contributed by atoms with Gasteiger partial charge in [-0.25, -0.2) is 4.79 Å². The average molecular weight is 259 g/mol. The summed E-state index contributed by atoms with van der Waals surface area (Å²) in [5.74, 6) is 0. The normalized spacial score (nSPS) is 24.5. The third-order valence-corrected chi connectivity index (χ3v) is 3.53. The minimum Gasteiger partial charge on any atom is -0.444 e. The highest BCUT2D eigenvalue weighted by Crippen LogP contribution is 2.30. The van der Waals surface area contributed by atoms with Gasteiger partial charge in [0.1, 0.15) is 5.60 Å². The highest BCUT2D eigenvalue weighted by Gasteiger charge is 2.28. The van der Waals surface area contributed by atoms with E-state index in [9.17, 15) is 9.59 Å². The highest BCUT2D eigenvalue weighted by atomic mass is 32.2. The van der Waals surface area contributed by atoms with Crippen molar-refractivity contribution in [1.82, 2.24) is 5.32 Å². The maximum atomic E-state index is 11.5. The van der Waals surface area contributed by atoms with Gasteiger partial charge in [0.2, 0.25) is 0 Å². The van der Waals surface area contributed by atoms with E-state index >= 15 is 0 Å². The van der Waals surface area contributed by atoms with Crippen LogP contribution in [0.5, 0.6) is 0 Å². The van der Waals surface area contributed by atoms with Crippen LogP contribution in [-0.4, -0.2) is 28.1 Å². The summed E-state index contributed by atoms with van der Waals surface area (Å²) in [4.78, 5) is 22.5. The molecule has 0 heterocycles. The predicted octanol–water partition coefficient (Wildman–Crippen LogP) is 2.71. The Labute approximate surface area is 107 Å². The Bertz CT molecular complexity index is 299. The van der Waals surface area contributed by atoms with Crippen LogP contribution in [0.1, 0.15) is 47.0 Å². The molecular weight excluding hydrogens is 238 g/mol. The number of nitrogens with one attached hydrogen (secondary N) is 1. The van der Waals surface area contributed by atoms with Crippen molar-refractivity contribution in [2.75, 3.05) is 0 Å². The molecule has 17 heavy (non-hydrogen) atoms. The zero-order chi connectivity index (χ0) is 13.1. The van der Waals surface area contributed by atoms with E-state index in [1.165, 1.54) is 11.8 Å². The van der Waals surface area contributed by atoms with Gasteiger partial charge in [-0.2, -0.15) is 0 Å². The zero-order valence-electron chi connectivity index (χ0n) is 10.9. The number of hydrogen-bond acceptors (Lipinski definition) is 4. The van der Waals surface area contributed by atoms with Crippen molar-refractivity contribution in [3.63, 3.8) is 0 Å². The van der Waals surface area contributed by atoms with Crippen LogP contribution < -0.4 is 5.32 Å². The molecule has 0 spiro atoms. The summed E-state index contributed by atoms with van der Waals surface area (Å²) >= 11 is 1.38. The topological polar surface area (TPSA) is 55.4 Å². The van der Waals surface area contributed by atoms with Crippen LogP contribution >= 0.6 is 11.8 Å². The number of alkyl carbamates (subject to hydrolysis) is 1. The molecule has 0 aromatic heterocycles. The van der Waals surface area contributed by atoms with Gasteiger partial charge in [-0.1, -0.05) is 11.8 Å². The minimum atomic E-state index is -0.462. The smallest absolute Gasteiger partial charge is 0.407 e. The second kappa shape index (κ2) is 5.76. The summed E-state index contributed by atoms with van der Waals surface area (Å²) in [5, 5.41) is 3.34. The Kier molecular flexibility index (Phi) is 4.86. The average Bonchev–Trinajstić information content (AvgIpc) is 2.46. The molecule has 0 aromatic carbocycles. The Hall–Kier alpha value is -0.710. The standard InChI is InChI=1S/C12H21NO3S/c1-8(14)17-10-6-5-9(7-10)13-11(15)16-12(2,3)4/h9-10H,5-7H2,1-4H3,(H,13,15)/t9-,10-/m1/s1. The first-order valence-electron chi connectivity index (χ1n) is 5.93. The molecule has 1 saturated carbocycles. The number of thioether (sulfide) groups is 1. The molecule has 1 fully saturated rings. The van der Waals surface area contributed by atoms with E-state index in [4.69, 9.17) is 4.74 Å². The predicted molar refractivity (Wildman–Crippen MR) is 69.1 cm³/mol. The molecule has 1 amide bonds. The second-order valence-electron chi connectivity index (χ2n) is 5.39. The maximum Gasteiger partial charge on any atom is 0.407 e. The molecule has 98 valence electrons. The number of amides is 1. The first-order valence-corrected chi connectivity index (χ1v) is 6.81. The van der Waals surface area contributed by atoms with E-state index in [1.807, 2.05) is 20.8 Å². The summed E-state index contributed by atoms with van der Waals surface area (Å²) in [6.07, 6.45) is 2.38.